The number of hydrogen-bond acceptors (Lipinski definition) is 4. The summed E-state index contributed by atoms with van der Waals surface area (Å²) in [6.07, 6.45) is 2.39. The zero-order valence-corrected chi connectivity index (χ0v) is 13.8. The Morgan fingerprint density at radius 1 is 1.21 bits per heavy atom. The normalized spacial score (nSPS) is 20.5. The minimum absolute atomic E-state index is 0.309. The Bertz CT molecular complexity index is 638. The van der Waals surface area contributed by atoms with E-state index >= 15 is 0 Å². The van der Waals surface area contributed by atoms with Crippen LogP contribution in [-0.2, 0) is 19.7 Å². The van der Waals surface area contributed by atoms with E-state index in [2.05, 4.69) is 5.32 Å². The minimum atomic E-state index is -0.970. The van der Waals surface area contributed by atoms with Gasteiger partial charge in [-0.25, -0.2) is 4.79 Å². The Morgan fingerprint density at radius 3 is 2.46 bits per heavy atom. The van der Waals surface area contributed by atoms with E-state index in [9.17, 15) is 14.4 Å². The number of hydrogen-bond donors (Lipinski definition) is 1. The van der Waals surface area contributed by atoms with E-state index in [0.29, 0.717) is 13.1 Å². The van der Waals surface area contributed by atoms with E-state index in [0.717, 1.165) is 36.1 Å². The van der Waals surface area contributed by atoms with Gasteiger partial charge in [-0.15, -0.1) is 0 Å². The molecule has 1 aromatic carbocycles. The molecule has 2 fully saturated rings. The van der Waals surface area contributed by atoms with Crippen molar-refractivity contribution in [1.82, 2.24) is 10.2 Å². The molecule has 1 aromatic rings. The van der Waals surface area contributed by atoms with E-state index < -0.39 is 23.5 Å². The predicted molar refractivity (Wildman–Crippen MR) is 87.3 cm³/mol. The lowest BCUT2D eigenvalue weighted by Crippen LogP contribution is -2.44. The van der Waals surface area contributed by atoms with E-state index in [1.807, 2.05) is 30.3 Å². The molecule has 0 unspecified atom stereocenters. The third-order valence-electron chi connectivity index (χ3n) is 4.93. The molecule has 128 valence electrons. The van der Waals surface area contributed by atoms with Gasteiger partial charge in [0.2, 0.25) is 0 Å². The molecular weight excluding hydrogens is 308 g/mol. The predicted octanol–water partition coefficient (Wildman–Crippen LogP) is 1.98. The highest BCUT2D eigenvalue weighted by Crippen LogP contribution is 2.42. The first-order chi connectivity index (χ1) is 11.5. The molecular formula is C18H22N2O4. The highest BCUT2D eigenvalue weighted by atomic mass is 16.5. The van der Waals surface area contributed by atoms with Gasteiger partial charge in [0.1, 0.15) is 0 Å². The van der Waals surface area contributed by atoms with Gasteiger partial charge < -0.3 is 10.1 Å². The maximum Gasteiger partial charge on any atom is 0.324 e. The third kappa shape index (κ3) is 2.88. The molecule has 0 aromatic heterocycles. The number of urea groups is 1. The van der Waals surface area contributed by atoms with E-state index in [-0.39, 0.29) is 5.97 Å². The quantitative estimate of drug-likeness (QED) is 0.857. The van der Waals surface area contributed by atoms with Crippen LogP contribution >= 0.6 is 0 Å². The second-order valence-corrected chi connectivity index (χ2v) is 6.42. The lowest BCUT2D eigenvalue weighted by molar-refractivity contribution is -0.162. The number of imide groups is 1. The summed E-state index contributed by atoms with van der Waals surface area (Å²) in [6, 6.07) is 9.18. The first kappa shape index (κ1) is 16.5. The first-order valence-electron chi connectivity index (χ1n) is 8.40. The lowest BCUT2D eigenvalue weighted by Gasteiger charge is -2.29. The number of amides is 3. The van der Waals surface area contributed by atoms with Crippen molar-refractivity contribution in [3.05, 3.63) is 35.9 Å². The SMILES string of the molecule is C[C@@H](OC(=O)C1(c2ccccc2)CCCC1)C(=O)N1CCNC1=O. The van der Waals surface area contributed by atoms with Gasteiger partial charge in [0.25, 0.3) is 5.91 Å². The fraction of sp³-hybridized carbons (Fsp3) is 0.500. The average Bonchev–Trinajstić information content (AvgIpc) is 3.24. The van der Waals surface area contributed by atoms with Gasteiger partial charge in [-0.3, -0.25) is 14.5 Å². The number of carbonyl (C=O) groups is 3. The van der Waals surface area contributed by atoms with E-state index in [4.69, 9.17) is 4.74 Å². The first-order valence-corrected chi connectivity index (χ1v) is 8.40. The summed E-state index contributed by atoms with van der Waals surface area (Å²) in [4.78, 5) is 37.9. The summed E-state index contributed by atoms with van der Waals surface area (Å²) in [6.45, 7) is 2.27. The van der Waals surface area contributed by atoms with Crippen molar-refractivity contribution in [2.75, 3.05) is 13.1 Å². The zero-order valence-electron chi connectivity index (χ0n) is 13.8. The smallest absolute Gasteiger partial charge is 0.324 e. The van der Waals surface area contributed by atoms with E-state index in [1.54, 1.807) is 0 Å². The van der Waals surface area contributed by atoms with Gasteiger partial charge in [-0.2, -0.15) is 0 Å². The highest BCUT2D eigenvalue weighted by molar-refractivity contribution is 5.98. The van der Waals surface area contributed by atoms with Crippen LogP contribution in [0.15, 0.2) is 30.3 Å². The summed E-state index contributed by atoms with van der Waals surface area (Å²) in [7, 11) is 0. The zero-order chi connectivity index (χ0) is 17.2. The molecule has 1 heterocycles. The summed E-state index contributed by atoms with van der Waals surface area (Å²) in [5.41, 5.74) is 0.259. The monoisotopic (exact) mass is 330 g/mol. The highest BCUT2D eigenvalue weighted by Gasteiger charge is 2.45. The Morgan fingerprint density at radius 2 is 1.88 bits per heavy atom. The van der Waals surface area contributed by atoms with Gasteiger partial charge in [0.05, 0.1) is 5.41 Å². The summed E-state index contributed by atoms with van der Waals surface area (Å²) < 4.78 is 5.50. The summed E-state index contributed by atoms with van der Waals surface area (Å²) in [5.74, 6) is -0.841. The number of ether oxygens (including phenoxy) is 1. The molecule has 3 amide bonds. The van der Waals surface area contributed by atoms with Crippen LogP contribution < -0.4 is 5.32 Å². The van der Waals surface area contributed by atoms with Gasteiger partial charge in [-0.05, 0) is 25.3 Å². The largest absolute Gasteiger partial charge is 0.452 e. The standard InChI is InChI=1S/C18H22N2O4/c1-13(15(21)20-12-11-19-17(20)23)24-16(22)18(9-5-6-10-18)14-7-3-2-4-8-14/h2-4,7-8,13H,5-6,9-12H2,1H3,(H,19,23)/t13-/m1/s1. The van der Waals surface area contributed by atoms with Gasteiger partial charge in [0.15, 0.2) is 6.10 Å². The number of esters is 1. The van der Waals surface area contributed by atoms with Crippen LogP contribution in [0, 0.1) is 0 Å². The molecule has 1 aliphatic heterocycles. The van der Waals surface area contributed by atoms with Crippen molar-refractivity contribution < 1.29 is 19.1 Å². The lowest BCUT2D eigenvalue weighted by atomic mass is 9.79. The second-order valence-electron chi connectivity index (χ2n) is 6.42. The molecule has 1 saturated carbocycles. The molecule has 1 saturated heterocycles. The molecule has 1 atom stereocenters. The van der Waals surface area contributed by atoms with Crippen LogP contribution in [0.4, 0.5) is 4.79 Å². The maximum absolute atomic E-state index is 12.9. The van der Waals surface area contributed by atoms with Crippen molar-refractivity contribution >= 4 is 17.9 Å². The molecule has 0 radical (unpaired) electrons. The Hall–Kier alpha value is -2.37. The molecule has 3 rings (SSSR count). The summed E-state index contributed by atoms with van der Waals surface area (Å²) in [5, 5.41) is 2.57. The number of benzene rings is 1. The van der Waals surface area contributed by atoms with Crippen molar-refractivity contribution in [3.63, 3.8) is 0 Å². The fourth-order valence-electron chi connectivity index (χ4n) is 3.57. The van der Waals surface area contributed by atoms with Crippen molar-refractivity contribution in [2.24, 2.45) is 0 Å². The van der Waals surface area contributed by atoms with Crippen LogP contribution in [0.3, 0.4) is 0 Å². The summed E-state index contributed by atoms with van der Waals surface area (Å²) >= 11 is 0. The number of nitrogens with zero attached hydrogens (tertiary/aromatic N) is 1. The van der Waals surface area contributed by atoms with Crippen molar-refractivity contribution in [2.45, 2.75) is 44.1 Å². The van der Waals surface area contributed by atoms with Crippen molar-refractivity contribution in [3.8, 4) is 0 Å². The molecule has 24 heavy (non-hydrogen) atoms. The Balaban J connectivity index is 1.75. The average molecular weight is 330 g/mol. The third-order valence-corrected chi connectivity index (χ3v) is 4.93. The topological polar surface area (TPSA) is 75.7 Å². The molecule has 0 bridgehead atoms. The Kier molecular flexibility index (Phi) is 4.55. The van der Waals surface area contributed by atoms with Gasteiger partial charge >= 0.3 is 12.0 Å². The molecule has 1 aliphatic carbocycles. The minimum Gasteiger partial charge on any atom is -0.452 e. The number of carbonyl (C=O) groups excluding carboxylic acids is 3. The number of nitrogens with one attached hydrogen (secondary N) is 1. The number of rotatable bonds is 4. The van der Waals surface area contributed by atoms with Gasteiger partial charge in [0, 0.05) is 13.1 Å². The molecule has 1 N–H and O–H groups in total. The fourth-order valence-corrected chi connectivity index (χ4v) is 3.57. The van der Waals surface area contributed by atoms with Gasteiger partial charge in [-0.1, -0.05) is 43.2 Å². The molecule has 2 aliphatic rings. The van der Waals surface area contributed by atoms with Crippen LogP contribution in [0.1, 0.15) is 38.2 Å². The van der Waals surface area contributed by atoms with Crippen LogP contribution in [0.2, 0.25) is 0 Å². The van der Waals surface area contributed by atoms with Crippen LogP contribution in [0.25, 0.3) is 0 Å². The molecule has 0 spiro atoms. The molecule has 6 nitrogen and oxygen atoms in total. The van der Waals surface area contributed by atoms with Crippen LogP contribution in [-0.4, -0.2) is 42.0 Å². The maximum atomic E-state index is 12.9. The van der Waals surface area contributed by atoms with Crippen molar-refractivity contribution in [1.29, 1.82) is 0 Å². The van der Waals surface area contributed by atoms with Crippen LogP contribution in [0.5, 0.6) is 0 Å². The Labute approximate surface area is 141 Å². The second kappa shape index (κ2) is 6.63. The van der Waals surface area contributed by atoms with E-state index in [1.165, 1.54) is 6.92 Å². The molecule has 6 heteroatoms.